The van der Waals surface area contributed by atoms with Crippen LogP contribution in [0.15, 0.2) is 91.5 Å². The van der Waals surface area contributed by atoms with E-state index in [9.17, 15) is 9.18 Å². The molecule has 2 aromatic heterocycles. The van der Waals surface area contributed by atoms with Crippen LogP contribution < -0.4 is 5.32 Å². The lowest BCUT2D eigenvalue weighted by molar-refractivity contribution is 0.0951. The lowest BCUT2D eigenvalue weighted by Crippen LogP contribution is -2.22. The average molecular weight is 457 g/mol. The van der Waals surface area contributed by atoms with Gasteiger partial charge in [-0.3, -0.25) is 14.3 Å². The summed E-state index contributed by atoms with van der Waals surface area (Å²) in [4.78, 5) is 21.1. The SMILES string of the molecule is O=C(NCc1cccnc1)c1ccc2c(c1)ncn2-c1cccc(-c2ccc(F)c(Cl)c2)c1. The van der Waals surface area contributed by atoms with Crippen LogP contribution >= 0.6 is 11.6 Å². The van der Waals surface area contributed by atoms with E-state index in [1.165, 1.54) is 6.07 Å². The smallest absolute Gasteiger partial charge is 0.251 e. The van der Waals surface area contributed by atoms with Gasteiger partial charge in [0.1, 0.15) is 12.1 Å². The number of imidazole rings is 1. The average Bonchev–Trinajstić information content (AvgIpc) is 3.28. The minimum absolute atomic E-state index is 0.0836. The first kappa shape index (κ1) is 20.8. The summed E-state index contributed by atoms with van der Waals surface area (Å²) < 4.78 is 15.5. The Labute approximate surface area is 194 Å². The molecule has 5 rings (SSSR count). The molecule has 7 heteroatoms. The van der Waals surface area contributed by atoms with Gasteiger partial charge in [0, 0.05) is 30.2 Å². The Morgan fingerprint density at radius 3 is 2.70 bits per heavy atom. The number of halogens is 2. The largest absolute Gasteiger partial charge is 0.348 e. The zero-order valence-electron chi connectivity index (χ0n) is 17.4. The number of pyridine rings is 1. The van der Waals surface area contributed by atoms with Crippen LogP contribution in [-0.4, -0.2) is 20.4 Å². The second kappa shape index (κ2) is 8.84. The highest BCUT2D eigenvalue weighted by atomic mass is 35.5. The first-order valence-corrected chi connectivity index (χ1v) is 10.7. The lowest BCUT2D eigenvalue weighted by atomic mass is 10.0. The third-order valence-electron chi connectivity index (χ3n) is 5.36. The molecule has 0 fully saturated rings. The Bertz CT molecular complexity index is 1470. The normalized spacial score (nSPS) is 11.0. The van der Waals surface area contributed by atoms with Crippen molar-refractivity contribution in [2.45, 2.75) is 6.54 Å². The Hall–Kier alpha value is -4.03. The molecule has 0 atom stereocenters. The molecule has 0 bridgehead atoms. The Morgan fingerprint density at radius 1 is 1.00 bits per heavy atom. The highest BCUT2D eigenvalue weighted by Gasteiger charge is 2.11. The van der Waals surface area contributed by atoms with E-state index in [1.807, 2.05) is 47.0 Å². The minimum atomic E-state index is -0.447. The first-order valence-electron chi connectivity index (χ1n) is 10.3. The number of nitrogens with zero attached hydrogens (tertiary/aromatic N) is 3. The molecule has 0 unspecified atom stereocenters. The summed E-state index contributed by atoms with van der Waals surface area (Å²) >= 11 is 5.95. The van der Waals surface area contributed by atoms with Gasteiger partial charge >= 0.3 is 0 Å². The molecule has 0 aliphatic rings. The Kier molecular flexibility index (Phi) is 5.59. The molecule has 2 heterocycles. The maximum Gasteiger partial charge on any atom is 0.251 e. The second-order valence-electron chi connectivity index (χ2n) is 7.54. The van der Waals surface area contributed by atoms with Crippen molar-refractivity contribution in [3.8, 4) is 16.8 Å². The highest BCUT2D eigenvalue weighted by molar-refractivity contribution is 6.31. The van der Waals surface area contributed by atoms with Crippen LogP contribution in [0.1, 0.15) is 15.9 Å². The fraction of sp³-hybridized carbons (Fsp3) is 0.0385. The maximum atomic E-state index is 13.5. The molecule has 0 saturated heterocycles. The summed E-state index contributed by atoms with van der Waals surface area (Å²) in [5, 5.41) is 2.99. The van der Waals surface area contributed by atoms with Gasteiger partial charge in [-0.05, 0) is 65.2 Å². The van der Waals surface area contributed by atoms with Gasteiger partial charge in [-0.1, -0.05) is 35.9 Å². The molecule has 0 saturated carbocycles. The third kappa shape index (κ3) is 4.33. The number of hydrogen-bond acceptors (Lipinski definition) is 3. The summed E-state index contributed by atoms with van der Waals surface area (Å²) in [5.41, 5.74) is 5.66. The van der Waals surface area contributed by atoms with Crippen LogP contribution in [0.4, 0.5) is 4.39 Å². The molecule has 5 nitrogen and oxygen atoms in total. The maximum absolute atomic E-state index is 13.5. The number of hydrogen-bond donors (Lipinski definition) is 1. The van der Waals surface area contributed by atoms with E-state index in [0.29, 0.717) is 17.6 Å². The molecule has 162 valence electrons. The van der Waals surface area contributed by atoms with Gasteiger partial charge in [-0.2, -0.15) is 0 Å². The first-order chi connectivity index (χ1) is 16.1. The summed E-state index contributed by atoms with van der Waals surface area (Å²) in [6, 6.07) is 21.7. The van der Waals surface area contributed by atoms with E-state index in [4.69, 9.17) is 11.6 Å². The van der Waals surface area contributed by atoms with Crippen molar-refractivity contribution in [3.05, 3.63) is 113 Å². The van der Waals surface area contributed by atoms with E-state index in [1.54, 1.807) is 43.0 Å². The number of fused-ring (bicyclic) bond motifs is 1. The summed E-state index contributed by atoms with van der Waals surface area (Å²) in [6.07, 6.45) is 5.14. The number of carbonyl (C=O) groups is 1. The standard InChI is InChI=1S/C26H18ClFN4O/c27-22-12-19(6-8-23(22)28)18-4-1-5-21(11-18)32-16-31-24-13-20(7-9-25(24)32)26(33)30-15-17-3-2-10-29-14-17/h1-14,16H,15H2,(H,30,33). The van der Waals surface area contributed by atoms with E-state index < -0.39 is 5.82 Å². The van der Waals surface area contributed by atoms with Crippen LogP contribution in [0.2, 0.25) is 5.02 Å². The number of amides is 1. The molecular weight excluding hydrogens is 439 g/mol. The van der Waals surface area contributed by atoms with Gasteiger partial charge in [0.25, 0.3) is 5.91 Å². The van der Waals surface area contributed by atoms with Gasteiger partial charge < -0.3 is 5.32 Å². The molecule has 3 aromatic carbocycles. The molecule has 5 aromatic rings. The Balaban J connectivity index is 1.41. The molecule has 0 aliphatic heterocycles. The van der Waals surface area contributed by atoms with E-state index in [-0.39, 0.29) is 10.9 Å². The van der Waals surface area contributed by atoms with E-state index in [0.717, 1.165) is 27.9 Å². The summed E-state index contributed by atoms with van der Waals surface area (Å²) in [5.74, 6) is -0.622. The van der Waals surface area contributed by atoms with Crippen LogP contribution in [-0.2, 0) is 6.54 Å². The third-order valence-corrected chi connectivity index (χ3v) is 5.65. The molecule has 1 N–H and O–H groups in total. The highest BCUT2D eigenvalue weighted by Crippen LogP contribution is 2.28. The fourth-order valence-electron chi connectivity index (χ4n) is 3.66. The van der Waals surface area contributed by atoms with Gasteiger partial charge in [-0.15, -0.1) is 0 Å². The van der Waals surface area contributed by atoms with E-state index in [2.05, 4.69) is 15.3 Å². The van der Waals surface area contributed by atoms with Crippen molar-refractivity contribution in [1.82, 2.24) is 19.9 Å². The lowest BCUT2D eigenvalue weighted by Gasteiger charge is -2.09. The molecule has 0 radical (unpaired) electrons. The van der Waals surface area contributed by atoms with Crippen molar-refractivity contribution < 1.29 is 9.18 Å². The van der Waals surface area contributed by atoms with Crippen molar-refractivity contribution in [3.63, 3.8) is 0 Å². The number of benzene rings is 3. The van der Waals surface area contributed by atoms with Gasteiger partial charge in [0.2, 0.25) is 0 Å². The molecule has 0 aliphatic carbocycles. The number of carbonyl (C=O) groups excluding carboxylic acids is 1. The predicted molar refractivity (Wildman–Crippen MR) is 127 cm³/mol. The zero-order chi connectivity index (χ0) is 22.8. The second-order valence-corrected chi connectivity index (χ2v) is 7.95. The molecular formula is C26H18ClFN4O. The van der Waals surface area contributed by atoms with Crippen LogP contribution in [0.3, 0.4) is 0 Å². The van der Waals surface area contributed by atoms with Crippen molar-refractivity contribution in [2.24, 2.45) is 0 Å². The number of aromatic nitrogens is 3. The van der Waals surface area contributed by atoms with Crippen LogP contribution in [0.25, 0.3) is 27.8 Å². The molecule has 33 heavy (non-hydrogen) atoms. The zero-order valence-corrected chi connectivity index (χ0v) is 18.1. The molecule has 1 amide bonds. The quantitative estimate of drug-likeness (QED) is 0.363. The fourth-order valence-corrected chi connectivity index (χ4v) is 3.84. The topological polar surface area (TPSA) is 59.8 Å². The number of rotatable bonds is 5. The van der Waals surface area contributed by atoms with Crippen LogP contribution in [0, 0.1) is 5.82 Å². The van der Waals surface area contributed by atoms with Gasteiger partial charge in [0.15, 0.2) is 0 Å². The van der Waals surface area contributed by atoms with Gasteiger partial charge in [-0.25, -0.2) is 9.37 Å². The van der Waals surface area contributed by atoms with Crippen molar-refractivity contribution >= 4 is 28.5 Å². The number of nitrogens with one attached hydrogen (secondary N) is 1. The van der Waals surface area contributed by atoms with Gasteiger partial charge in [0.05, 0.1) is 16.1 Å². The monoisotopic (exact) mass is 456 g/mol. The Morgan fingerprint density at radius 2 is 1.88 bits per heavy atom. The van der Waals surface area contributed by atoms with Crippen LogP contribution in [0.5, 0.6) is 0 Å². The predicted octanol–water partition coefficient (Wildman–Crippen LogP) is 5.81. The summed E-state index contributed by atoms with van der Waals surface area (Å²) in [6.45, 7) is 0.402. The summed E-state index contributed by atoms with van der Waals surface area (Å²) in [7, 11) is 0. The molecule has 0 spiro atoms. The van der Waals surface area contributed by atoms with E-state index >= 15 is 0 Å². The van der Waals surface area contributed by atoms with Crippen molar-refractivity contribution in [2.75, 3.05) is 0 Å². The minimum Gasteiger partial charge on any atom is -0.348 e. The van der Waals surface area contributed by atoms with Crippen molar-refractivity contribution in [1.29, 1.82) is 0 Å².